The van der Waals surface area contributed by atoms with Crippen molar-refractivity contribution >= 4 is 12.2 Å². The van der Waals surface area contributed by atoms with E-state index >= 15 is 0 Å². The molecule has 2 aromatic rings. The second kappa shape index (κ2) is 17.5. The molecular weight excluding hydrogens is 320 g/mol. The quantitative estimate of drug-likeness (QED) is 0.476. The summed E-state index contributed by atoms with van der Waals surface area (Å²) in [6.07, 6.45) is 3.65. The van der Waals surface area contributed by atoms with Gasteiger partial charge in [-0.3, -0.25) is 0 Å². The van der Waals surface area contributed by atoms with Gasteiger partial charge in [-0.15, -0.1) is 0 Å². The van der Waals surface area contributed by atoms with Crippen molar-refractivity contribution in [3.63, 3.8) is 0 Å². The predicted molar refractivity (Wildman–Crippen MR) is 95.8 cm³/mol. The highest BCUT2D eigenvalue weighted by Crippen LogP contribution is 2.07. The first kappa shape index (κ1) is 22.1. The molecule has 0 aliphatic rings. The van der Waals surface area contributed by atoms with Crippen molar-refractivity contribution in [2.24, 2.45) is 9.98 Å². The summed E-state index contributed by atoms with van der Waals surface area (Å²) in [5.41, 5.74) is 2.74. The number of aliphatic imine (C=N–C) groups is 2. The fourth-order valence-electron chi connectivity index (χ4n) is 1.62. The van der Waals surface area contributed by atoms with Crippen LogP contribution in [0.3, 0.4) is 0 Å². The Morgan fingerprint density at radius 2 is 1.04 bits per heavy atom. The van der Waals surface area contributed by atoms with Gasteiger partial charge in [-0.25, -0.2) is 19.6 Å². The summed E-state index contributed by atoms with van der Waals surface area (Å²) in [7, 11) is 0. The van der Waals surface area contributed by atoms with Crippen LogP contribution in [-0.2, 0) is 16.0 Å². The number of aliphatic hydroxyl groups is 2. The Kier molecular flexibility index (Phi) is 15.5. The SMILES string of the molecule is O=C=NCCN=C=O.OCCO.c1ccc(Cc2ccccc2)cc1. The Labute approximate surface area is 147 Å². The maximum atomic E-state index is 9.34. The minimum atomic E-state index is -0.125. The van der Waals surface area contributed by atoms with Gasteiger partial charge in [0, 0.05) is 0 Å². The largest absolute Gasteiger partial charge is 0.394 e. The van der Waals surface area contributed by atoms with Crippen LogP contribution in [0.5, 0.6) is 0 Å². The van der Waals surface area contributed by atoms with E-state index in [0.29, 0.717) is 0 Å². The molecule has 6 heteroatoms. The van der Waals surface area contributed by atoms with Crippen LogP contribution in [0.25, 0.3) is 0 Å². The molecule has 0 amide bonds. The molecule has 0 saturated carbocycles. The van der Waals surface area contributed by atoms with E-state index < -0.39 is 0 Å². The number of nitrogens with zero attached hydrogens (tertiary/aromatic N) is 2. The maximum Gasteiger partial charge on any atom is 0.235 e. The minimum absolute atomic E-state index is 0.125. The van der Waals surface area contributed by atoms with Gasteiger partial charge in [0.2, 0.25) is 12.2 Å². The topological polar surface area (TPSA) is 99.3 Å². The Balaban J connectivity index is 0.000000413. The van der Waals surface area contributed by atoms with E-state index in [2.05, 4.69) is 70.6 Å². The van der Waals surface area contributed by atoms with Crippen molar-refractivity contribution in [3.8, 4) is 0 Å². The normalized spacial score (nSPS) is 8.40. The summed E-state index contributed by atoms with van der Waals surface area (Å²) < 4.78 is 0. The smallest absolute Gasteiger partial charge is 0.235 e. The molecule has 0 fully saturated rings. The number of hydrogen-bond donors (Lipinski definition) is 2. The molecule has 2 aromatic carbocycles. The number of benzene rings is 2. The summed E-state index contributed by atoms with van der Waals surface area (Å²) >= 11 is 0. The standard InChI is InChI=1S/C13H12.C4H4N2O2.C2H6O2/c1-3-7-12(8-4-1)11-13-9-5-2-6-10-13;7-3-5-1-2-6-4-8;3-1-2-4/h1-10H,11H2;1-2H2;3-4H,1-2H2. The highest BCUT2D eigenvalue weighted by atomic mass is 16.3. The van der Waals surface area contributed by atoms with Gasteiger partial charge in [0.15, 0.2) is 0 Å². The van der Waals surface area contributed by atoms with E-state index in [1.807, 2.05) is 0 Å². The lowest BCUT2D eigenvalue weighted by Gasteiger charge is -2.00. The minimum Gasteiger partial charge on any atom is -0.394 e. The fraction of sp³-hybridized carbons (Fsp3) is 0.263. The van der Waals surface area contributed by atoms with E-state index in [0.717, 1.165) is 6.42 Å². The Morgan fingerprint density at radius 1 is 0.680 bits per heavy atom. The lowest BCUT2D eigenvalue weighted by atomic mass is 10.1. The van der Waals surface area contributed by atoms with Crippen LogP contribution in [-0.4, -0.2) is 48.7 Å². The second-order valence-electron chi connectivity index (χ2n) is 4.54. The Hall–Kier alpha value is -2.88. The molecule has 0 radical (unpaired) electrons. The lowest BCUT2D eigenvalue weighted by molar-refractivity contribution is 0.186. The molecule has 0 bridgehead atoms. The summed E-state index contributed by atoms with van der Waals surface area (Å²) in [4.78, 5) is 24.9. The van der Waals surface area contributed by atoms with Gasteiger partial charge in [-0.1, -0.05) is 60.7 Å². The summed E-state index contributed by atoms with van der Waals surface area (Å²) in [6, 6.07) is 21.1. The maximum absolute atomic E-state index is 9.34. The van der Waals surface area contributed by atoms with Gasteiger partial charge in [0.05, 0.1) is 26.3 Å². The molecule has 0 saturated heterocycles. The molecule has 0 spiro atoms. The van der Waals surface area contributed by atoms with Crippen molar-refractivity contribution in [1.29, 1.82) is 0 Å². The molecule has 0 aromatic heterocycles. The monoisotopic (exact) mass is 342 g/mol. The number of rotatable bonds is 6. The Bertz CT molecular complexity index is 577. The predicted octanol–water partition coefficient (Wildman–Crippen LogP) is 1.91. The summed E-state index contributed by atoms with van der Waals surface area (Å²) in [6.45, 7) is 0.192. The molecule has 6 nitrogen and oxygen atoms in total. The number of carbonyl (C=O) groups excluding carboxylic acids is 2. The van der Waals surface area contributed by atoms with Gasteiger partial charge < -0.3 is 10.2 Å². The molecule has 0 unspecified atom stereocenters. The molecule has 0 aliphatic carbocycles. The first-order valence-electron chi connectivity index (χ1n) is 7.65. The van der Waals surface area contributed by atoms with Gasteiger partial charge in [0.1, 0.15) is 0 Å². The van der Waals surface area contributed by atoms with Gasteiger partial charge in [-0.2, -0.15) is 0 Å². The molecule has 0 atom stereocenters. The van der Waals surface area contributed by atoms with Crippen molar-refractivity contribution in [2.75, 3.05) is 26.3 Å². The zero-order valence-electron chi connectivity index (χ0n) is 13.9. The number of hydrogen-bond acceptors (Lipinski definition) is 6. The van der Waals surface area contributed by atoms with Crippen LogP contribution in [0.4, 0.5) is 0 Å². The van der Waals surface area contributed by atoms with E-state index in [1.165, 1.54) is 23.3 Å². The zero-order valence-corrected chi connectivity index (χ0v) is 13.9. The molecule has 0 aliphatic heterocycles. The van der Waals surface area contributed by atoms with Crippen LogP contribution < -0.4 is 0 Å². The van der Waals surface area contributed by atoms with Crippen LogP contribution in [0.15, 0.2) is 70.6 Å². The van der Waals surface area contributed by atoms with Gasteiger partial charge in [0.25, 0.3) is 0 Å². The van der Waals surface area contributed by atoms with E-state index in [1.54, 1.807) is 0 Å². The van der Waals surface area contributed by atoms with Gasteiger partial charge >= 0.3 is 0 Å². The Morgan fingerprint density at radius 3 is 1.32 bits per heavy atom. The highest BCUT2D eigenvalue weighted by molar-refractivity contribution is 5.34. The van der Waals surface area contributed by atoms with Crippen molar-refractivity contribution in [3.05, 3.63) is 71.8 Å². The van der Waals surface area contributed by atoms with Crippen LogP contribution in [0.2, 0.25) is 0 Å². The first-order chi connectivity index (χ1) is 12.3. The zero-order chi connectivity index (χ0) is 18.6. The molecule has 132 valence electrons. The summed E-state index contributed by atoms with van der Waals surface area (Å²) in [5, 5.41) is 15.2. The average Bonchev–Trinajstić information content (AvgIpc) is 2.68. The first-order valence-corrected chi connectivity index (χ1v) is 7.65. The van der Waals surface area contributed by atoms with E-state index in [-0.39, 0.29) is 26.3 Å². The third kappa shape index (κ3) is 14.4. The van der Waals surface area contributed by atoms with Crippen molar-refractivity contribution < 1.29 is 19.8 Å². The van der Waals surface area contributed by atoms with E-state index in [4.69, 9.17) is 10.2 Å². The van der Waals surface area contributed by atoms with Crippen LogP contribution >= 0.6 is 0 Å². The highest BCUT2D eigenvalue weighted by Gasteiger charge is 1.92. The number of isocyanates is 2. The molecule has 0 heterocycles. The van der Waals surface area contributed by atoms with E-state index in [9.17, 15) is 9.59 Å². The molecule has 25 heavy (non-hydrogen) atoms. The third-order valence-corrected chi connectivity index (χ3v) is 2.65. The van der Waals surface area contributed by atoms with Crippen LogP contribution in [0.1, 0.15) is 11.1 Å². The summed E-state index contributed by atoms with van der Waals surface area (Å²) in [5.74, 6) is 0. The molecule has 2 rings (SSSR count). The number of aliphatic hydroxyl groups excluding tert-OH is 2. The van der Waals surface area contributed by atoms with Crippen molar-refractivity contribution in [2.45, 2.75) is 6.42 Å². The average molecular weight is 342 g/mol. The third-order valence-electron chi connectivity index (χ3n) is 2.65. The molecule has 2 N–H and O–H groups in total. The van der Waals surface area contributed by atoms with Gasteiger partial charge in [-0.05, 0) is 17.5 Å². The second-order valence-corrected chi connectivity index (χ2v) is 4.54. The fourth-order valence-corrected chi connectivity index (χ4v) is 1.62. The van der Waals surface area contributed by atoms with Crippen LogP contribution in [0, 0.1) is 0 Å². The molecular formula is C19H22N2O4. The van der Waals surface area contributed by atoms with Crippen molar-refractivity contribution in [1.82, 2.24) is 0 Å². The lowest BCUT2D eigenvalue weighted by Crippen LogP contribution is -1.85.